The van der Waals surface area contributed by atoms with Gasteiger partial charge < -0.3 is 29.7 Å². The molecule has 0 radical (unpaired) electrons. The minimum absolute atomic E-state index is 0.300. The molecule has 7 nitrogen and oxygen atoms in total. The summed E-state index contributed by atoms with van der Waals surface area (Å²) in [6.07, 6.45) is -2.11. The number of nitrogens with zero attached hydrogens (tertiary/aromatic N) is 1. The second-order valence-corrected chi connectivity index (χ2v) is 7.87. The number of thioether (sulfide) groups is 1. The summed E-state index contributed by atoms with van der Waals surface area (Å²) < 4.78 is 17.3. The van der Waals surface area contributed by atoms with Crippen LogP contribution in [0.3, 0.4) is 0 Å². The number of ether oxygens (including phenoxy) is 3. The summed E-state index contributed by atoms with van der Waals surface area (Å²) in [6, 6.07) is 5.60. The summed E-state index contributed by atoms with van der Waals surface area (Å²) in [5, 5.41) is 24.8. The molecule has 150 valence electrons. The van der Waals surface area contributed by atoms with Crippen molar-refractivity contribution in [2.45, 2.75) is 62.8 Å². The Morgan fingerprint density at radius 1 is 1.33 bits per heavy atom. The summed E-state index contributed by atoms with van der Waals surface area (Å²) in [5.74, 6) is 0.869. The van der Waals surface area contributed by atoms with E-state index < -0.39 is 18.3 Å². The molecule has 27 heavy (non-hydrogen) atoms. The number of aryl methyl sites for hydroxylation is 1. The minimum Gasteiger partial charge on any atom is -0.496 e. The van der Waals surface area contributed by atoms with E-state index in [9.17, 15) is 10.2 Å². The highest BCUT2D eigenvalue weighted by Gasteiger charge is 2.50. The van der Waals surface area contributed by atoms with Crippen LogP contribution in [0.25, 0.3) is 0 Å². The Bertz CT molecular complexity index is 686. The van der Waals surface area contributed by atoms with Gasteiger partial charge in [0, 0.05) is 7.05 Å². The Labute approximate surface area is 164 Å². The van der Waals surface area contributed by atoms with Crippen molar-refractivity contribution in [2.24, 2.45) is 4.99 Å². The number of methoxy groups -OCH3 is 1. The maximum absolute atomic E-state index is 10.5. The fourth-order valence-corrected chi connectivity index (χ4v) is 4.54. The van der Waals surface area contributed by atoms with Crippen LogP contribution in [-0.2, 0) is 22.5 Å². The van der Waals surface area contributed by atoms with Crippen LogP contribution in [-0.4, -0.2) is 65.4 Å². The molecule has 2 fully saturated rings. The van der Waals surface area contributed by atoms with Crippen LogP contribution in [0.2, 0.25) is 0 Å². The lowest BCUT2D eigenvalue weighted by Crippen LogP contribution is -2.61. The lowest BCUT2D eigenvalue weighted by molar-refractivity contribution is -0.195. The van der Waals surface area contributed by atoms with Gasteiger partial charge in [-0.2, -0.15) is 0 Å². The average molecular weight is 397 g/mol. The van der Waals surface area contributed by atoms with Gasteiger partial charge in [-0.3, -0.25) is 4.99 Å². The third kappa shape index (κ3) is 4.25. The zero-order valence-electron chi connectivity index (χ0n) is 16.1. The number of hydrogen-bond acceptors (Lipinski definition) is 7. The van der Waals surface area contributed by atoms with Crippen molar-refractivity contribution in [3.63, 3.8) is 0 Å². The van der Waals surface area contributed by atoms with Gasteiger partial charge in [0.25, 0.3) is 0 Å². The van der Waals surface area contributed by atoms with E-state index >= 15 is 0 Å². The molecular weight excluding hydrogens is 368 g/mol. The van der Waals surface area contributed by atoms with E-state index in [1.807, 2.05) is 19.1 Å². The Morgan fingerprint density at radius 2 is 2.11 bits per heavy atom. The Balaban J connectivity index is 1.63. The molecule has 8 heteroatoms. The van der Waals surface area contributed by atoms with Crippen LogP contribution in [0.4, 0.5) is 0 Å². The van der Waals surface area contributed by atoms with E-state index in [-0.39, 0.29) is 17.6 Å². The van der Waals surface area contributed by atoms with E-state index in [1.165, 1.54) is 11.8 Å². The average Bonchev–Trinajstić information content (AvgIpc) is 3.12. The van der Waals surface area contributed by atoms with Crippen LogP contribution in [0.15, 0.2) is 23.2 Å². The third-order valence-corrected chi connectivity index (χ3v) is 6.22. The molecule has 0 aromatic heterocycles. The van der Waals surface area contributed by atoms with Gasteiger partial charge in [0.05, 0.1) is 25.9 Å². The number of fused-ring (bicyclic) bond motifs is 1. The van der Waals surface area contributed by atoms with Crippen molar-refractivity contribution in [1.82, 2.24) is 5.32 Å². The van der Waals surface area contributed by atoms with Gasteiger partial charge in [0.15, 0.2) is 5.17 Å². The van der Waals surface area contributed by atoms with E-state index in [2.05, 4.69) is 23.3 Å². The van der Waals surface area contributed by atoms with Gasteiger partial charge in [-0.25, -0.2) is 0 Å². The molecule has 6 atom stereocenters. The normalized spacial score (nSPS) is 32.8. The fraction of sp³-hybridized carbons (Fsp3) is 0.632. The van der Waals surface area contributed by atoms with Crippen molar-refractivity contribution in [2.75, 3.05) is 14.2 Å². The molecule has 0 bridgehead atoms. The van der Waals surface area contributed by atoms with Crippen molar-refractivity contribution in [3.8, 4) is 5.75 Å². The summed E-state index contributed by atoms with van der Waals surface area (Å²) >= 11 is 1.42. The van der Waals surface area contributed by atoms with Crippen LogP contribution in [0.5, 0.6) is 5.75 Å². The Morgan fingerprint density at radius 3 is 2.78 bits per heavy atom. The first-order valence-corrected chi connectivity index (χ1v) is 10.0. The van der Waals surface area contributed by atoms with Gasteiger partial charge in [0.2, 0.25) is 0 Å². The first-order chi connectivity index (χ1) is 13.0. The molecule has 0 spiro atoms. The van der Waals surface area contributed by atoms with Crippen LogP contribution in [0.1, 0.15) is 25.0 Å². The predicted molar refractivity (Wildman–Crippen MR) is 105 cm³/mol. The molecular formula is C19H28N2O5S. The molecule has 0 amide bonds. The van der Waals surface area contributed by atoms with Gasteiger partial charge in [0.1, 0.15) is 29.5 Å². The lowest BCUT2D eigenvalue weighted by atomic mass is 9.95. The molecule has 2 heterocycles. The zero-order valence-corrected chi connectivity index (χ0v) is 16.9. The number of aliphatic hydroxyl groups excluding tert-OH is 2. The summed E-state index contributed by atoms with van der Waals surface area (Å²) in [5.41, 5.74) is 1.85. The lowest BCUT2D eigenvalue weighted by Gasteiger charge is -2.41. The van der Waals surface area contributed by atoms with Crippen molar-refractivity contribution < 1.29 is 24.4 Å². The summed E-state index contributed by atoms with van der Waals surface area (Å²) in [6.45, 7) is 4.32. The minimum atomic E-state index is -1.03. The molecule has 3 rings (SSSR count). The summed E-state index contributed by atoms with van der Waals surface area (Å²) in [4.78, 5) is 4.10. The van der Waals surface area contributed by atoms with Gasteiger partial charge in [-0.1, -0.05) is 24.8 Å². The monoisotopic (exact) mass is 396 g/mol. The molecule has 0 aliphatic carbocycles. The van der Waals surface area contributed by atoms with Crippen molar-refractivity contribution in [1.29, 1.82) is 0 Å². The third-order valence-electron chi connectivity index (χ3n) is 5.06. The standard InChI is InChI=1S/C19H28N2O5S/c1-5-12-8-11(6-7-13(12)24-4)9-25-10(2)17-16(23)15(22)14-18(26-17)27-19(20-3)21-14/h6-8,10,14-18,22-23H,5,9H2,1-4H3,(H,20,21)/t10-,14+,15+,16-,17+,18+/m0/s1. The second-order valence-electron chi connectivity index (χ2n) is 6.78. The quantitative estimate of drug-likeness (QED) is 0.667. The molecule has 2 aliphatic heterocycles. The van der Waals surface area contributed by atoms with E-state index in [4.69, 9.17) is 14.2 Å². The first kappa shape index (κ1) is 20.4. The van der Waals surface area contributed by atoms with Crippen molar-refractivity contribution >= 4 is 16.9 Å². The molecule has 2 saturated heterocycles. The number of amidine groups is 1. The van der Waals surface area contributed by atoms with E-state index in [0.29, 0.717) is 11.8 Å². The number of aliphatic hydroxyl groups is 2. The predicted octanol–water partition coefficient (Wildman–Crippen LogP) is 1.30. The first-order valence-electron chi connectivity index (χ1n) is 9.17. The molecule has 0 unspecified atom stereocenters. The second kappa shape index (κ2) is 8.79. The maximum Gasteiger partial charge on any atom is 0.159 e. The molecule has 1 aromatic rings. The molecule has 1 aromatic carbocycles. The van der Waals surface area contributed by atoms with E-state index in [1.54, 1.807) is 14.2 Å². The summed E-state index contributed by atoms with van der Waals surface area (Å²) in [7, 11) is 3.34. The SMILES string of the molecule is CCc1cc(CO[C@@H](C)[C@H]2O[C@@H]3SC(=NC)N[C@@H]3[C@@H](O)[C@@H]2O)ccc1OC. The van der Waals surface area contributed by atoms with Crippen LogP contribution < -0.4 is 10.1 Å². The largest absolute Gasteiger partial charge is 0.496 e. The van der Waals surface area contributed by atoms with Gasteiger partial charge in [-0.05, 0) is 36.6 Å². The van der Waals surface area contributed by atoms with Crippen molar-refractivity contribution in [3.05, 3.63) is 29.3 Å². The Hall–Kier alpha value is -1.32. The highest BCUT2D eigenvalue weighted by Crippen LogP contribution is 2.35. The van der Waals surface area contributed by atoms with Crippen LogP contribution in [0, 0.1) is 0 Å². The topological polar surface area (TPSA) is 92.5 Å². The number of rotatable bonds is 6. The molecule has 3 N–H and O–H groups in total. The Kier molecular flexibility index (Phi) is 6.65. The number of benzene rings is 1. The fourth-order valence-electron chi connectivity index (χ4n) is 3.45. The molecule has 2 aliphatic rings. The smallest absolute Gasteiger partial charge is 0.159 e. The van der Waals surface area contributed by atoms with E-state index in [0.717, 1.165) is 23.3 Å². The van der Waals surface area contributed by atoms with Crippen LogP contribution >= 0.6 is 11.8 Å². The number of nitrogens with one attached hydrogen (secondary N) is 1. The zero-order chi connectivity index (χ0) is 19.6. The van der Waals surface area contributed by atoms with Gasteiger partial charge >= 0.3 is 0 Å². The number of aliphatic imine (C=N–C) groups is 1. The molecule has 0 saturated carbocycles. The van der Waals surface area contributed by atoms with Gasteiger partial charge in [-0.15, -0.1) is 0 Å². The highest BCUT2D eigenvalue weighted by atomic mass is 32.2. The maximum atomic E-state index is 10.5. The highest BCUT2D eigenvalue weighted by molar-refractivity contribution is 8.14. The number of hydrogen-bond donors (Lipinski definition) is 3.